The summed E-state index contributed by atoms with van der Waals surface area (Å²) in [6, 6.07) is 36.5. The predicted octanol–water partition coefficient (Wildman–Crippen LogP) is 7.82. The van der Waals surface area contributed by atoms with Gasteiger partial charge in [-0.2, -0.15) is 10.5 Å². The summed E-state index contributed by atoms with van der Waals surface area (Å²) in [5, 5.41) is 23.5. The summed E-state index contributed by atoms with van der Waals surface area (Å²) in [6.45, 7) is 0. The molecule has 0 atom stereocenters. The lowest BCUT2D eigenvalue weighted by atomic mass is 9.89. The maximum Gasteiger partial charge on any atom is 0.135 e. The molecule has 5 aromatic carbocycles. The summed E-state index contributed by atoms with van der Waals surface area (Å²) in [7, 11) is 0. The first-order valence-corrected chi connectivity index (χ1v) is 10.7. The molecule has 0 radical (unpaired) electrons. The van der Waals surface area contributed by atoms with Gasteiger partial charge in [0, 0.05) is 16.3 Å². The Morgan fingerprint density at radius 1 is 0.515 bits per heavy atom. The smallest absolute Gasteiger partial charge is 0.135 e. The van der Waals surface area contributed by atoms with Gasteiger partial charge in [0.05, 0.1) is 11.1 Å². The second-order valence-corrected chi connectivity index (χ2v) is 7.97. The highest BCUT2D eigenvalue weighted by Gasteiger charge is 2.15. The molecule has 0 fully saturated rings. The summed E-state index contributed by atoms with van der Waals surface area (Å²) in [5.74, 6) is 0. The Morgan fingerprint density at radius 2 is 1.21 bits per heavy atom. The maximum atomic E-state index is 9.75. The standard InChI is InChI=1S/C30H16N2O/c31-17-20-6-5-10-24(28(20)18-32)25-14-13-21(22-7-1-2-8-23(22)25)19-12-15-30-27(16-19)26-9-3-4-11-29(26)33-30/h1-16H. The molecule has 0 saturated heterocycles. The number of nitrogens with zero attached hydrogens (tertiary/aromatic N) is 2. The topological polar surface area (TPSA) is 60.7 Å². The SMILES string of the molecule is N#Cc1cccc(-c2ccc(-c3ccc4oc5ccccc5c4c3)c3ccccc23)c1C#N. The molecule has 0 aliphatic rings. The third-order valence-electron chi connectivity index (χ3n) is 6.20. The van der Waals surface area contributed by atoms with Crippen molar-refractivity contribution in [2.45, 2.75) is 0 Å². The van der Waals surface area contributed by atoms with Crippen molar-refractivity contribution in [1.82, 2.24) is 0 Å². The monoisotopic (exact) mass is 420 g/mol. The van der Waals surface area contributed by atoms with E-state index in [0.717, 1.165) is 55.0 Å². The van der Waals surface area contributed by atoms with Gasteiger partial charge in [0.15, 0.2) is 0 Å². The third-order valence-corrected chi connectivity index (χ3v) is 6.20. The molecule has 1 heterocycles. The number of fused-ring (bicyclic) bond motifs is 4. The Kier molecular flexibility index (Phi) is 4.22. The van der Waals surface area contributed by atoms with Crippen molar-refractivity contribution in [3.8, 4) is 34.4 Å². The first-order valence-electron chi connectivity index (χ1n) is 10.7. The summed E-state index contributed by atoms with van der Waals surface area (Å²) in [4.78, 5) is 0. The van der Waals surface area contributed by atoms with Crippen LogP contribution in [0.5, 0.6) is 0 Å². The number of rotatable bonds is 2. The first-order chi connectivity index (χ1) is 16.3. The fraction of sp³-hybridized carbons (Fsp3) is 0. The second kappa shape index (κ2) is 7.38. The Hall–Kier alpha value is -4.86. The van der Waals surface area contributed by atoms with Crippen LogP contribution >= 0.6 is 0 Å². The fourth-order valence-electron chi connectivity index (χ4n) is 4.67. The molecular weight excluding hydrogens is 404 g/mol. The molecule has 3 heteroatoms. The van der Waals surface area contributed by atoms with Crippen LogP contribution in [0.1, 0.15) is 11.1 Å². The lowest BCUT2D eigenvalue weighted by Crippen LogP contribution is -1.91. The molecule has 0 spiro atoms. The van der Waals surface area contributed by atoms with E-state index in [2.05, 4.69) is 48.5 Å². The van der Waals surface area contributed by atoms with Gasteiger partial charge in [-0.05, 0) is 51.7 Å². The van der Waals surface area contributed by atoms with Crippen LogP contribution in [0, 0.1) is 22.7 Å². The van der Waals surface area contributed by atoms with Gasteiger partial charge < -0.3 is 4.42 Å². The molecule has 1 aromatic heterocycles. The molecule has 0 aliphatic carbocycles. The Labute approximate surface area is 190 Å². The maximum absolute atomic E-state index is 9.75. The Morgan fingerprint density at radius 3 is 2.00 bits per heavy atom. The largest absolute Gasteiger partial charge is 0.456 e. The lowest BCUT2D eigenvalue weighted by molar-refractivity contribution is 0.669. The molecule has 152 valence electrons. The van der Waals surface area contributed by atoms with Crippen molar-refractivity contribution in [3.05, 3.63) is 108 Å². The molecule has 0 N–H and O–H groups in total. The molecule has 0 bridgehead atoms. The fourth-order valence-corrected chi connectivity index (χ4v) is 4.67. The van der Waals surface area contributed by atoms with Crippen LogP contribution in [0.15, 0.2) is 101 Å². The Bertz CT molecular complexity index is 1790. The van der Waals surface area contributed by atoms with E-state index < -0.39 is 0 Å². The van der Waals surface area contributed by atoms with Gasteiger partial charge in [0.1, 0.15) is 23.3 Å². The average molecular weight is 420 g/mol. The van der Waals surface area contributed by atoms with E-state index in [0.29, 0.717) is 11.1 Å². The number of benzene rings is 5. The van der Waals surface area contributed by atoms with Gasteiger partial charge in [-0.15, -0.1) is 0 Å². The first kappa shape index (κ1) is 18.9. The van der Waals surface area contributed by atoms with Crippen LogP contribution in [0.4, 0.5) is 0 Å². The van der Waals surface area contributed by atoms with Crippen molar-refractivity contribution < 1.29 is 4.42 Å². The van der Waals surface area contributed by atoms with E-state index in [4.69, 9.17) is 4.42 Å². The van der Waals surface area contributed by atoms with Crippen LogP contribution < -0.4 is 0 Å². The summed E-state index contributed by atoms with van der Waals surface area (Å²) >= 11 is 0. The molecular formula is C30H16N2O. The van der Waals surface area contributed by atoms with Crippen LogP contribution in [0.3, 0.4) is 0 Å². The third kappa shape index (κ3) is 2.88. The molecule has 6 rings (SSSR count). The number of nitriles is 2. The molecule has 0 unspecified atom stereocenters. The molecule has 3 nitrogen and oxygen atoms in total. The highest BCUT2D eigenvalue weighted by Crippen LogP contribution is 2.39. The minimum atomic E-state index is 0.389. The van der Waals surface area contributed by atoms with E-state index in [1.807, 2.05) is 54.6 Å². The van der Waals surface area contributed by atoms with Crippen LogP contribution in [-0.2, 0) is 0 Å². The average Bonchev–Trinajstić information content (AvgIpc) is 3.25. The Balaban J connectivity index is 1.61. The zero-order chi connectivity index (χ0) is 22.4. The van der Waals surface area contributed by atoms with Gasteiger partial charge in [-0.25, -0.2) is 0 Å². The summed E-state index contributed by atoms with van der Waals surface area (Å²) < 4.78 is 6.00. The highest BCUT2D eigenvalue weighted by atomic mass is 16.3. The van der Waals surface area contributed by atoms with Gasteiger partial charge >= 0.3 is 0 Å². The highest BCUT2D eigenvalue weighted by molar-refractivity contribution is 6.09. The van der Waals surface area contributed by atoms with Gasteiger partial charge in [-0.1, -0.05) is 72.8 Å². The molecule has 0 saturated carbocycles. The zero-order valence-electron chi connectivity index (χ0n) is 17.5. The minimum absolute atomic E-state index is 0.389. The van der Waals surface area contributed by atoms with Crippen molar-refractivity contribution in [2.75, 3.05) is 0 Å². The number of hydrogen-bond acceptors (Lipinski definition) is 3. The quantitative estimate of drug-likeness (QED) is 0.287. The van der Waals surface area contributed by atoms with E-state index >= 15 is 0 Å². The molecule has 33 heavy (non-hydrogen) atoms. The van der Waals surface area contributed by atoms with Crippen molar-refractivity contribution in [3.63, 3.8) is 0 Å². The van der Waals surface area contributed by atoms with E-state index in [1.54, 1.807) is 6.07 Å². The second-order valence-electron chi connectivity index (χ2n) is 7.97. The van der Waals surface area contributed by atoms with E-state index in [9.17, 15) is 10.5 Å². The normalized spacial score (nSPS) is 11.0. The van der Waals surface area contributed by atoms with Gasteiger partial charge in [0.2, 0.25) is 0 Å². The number of hydrogen-bond donors (Lipinski definition) is 0. The van der Waals surface area contributed by atoms with Gasteiger partial charge in [0.25, 0.3) is 0 Å². The van der Waals surface area contributed by atoms with Crippen LogP contribution in [-0.4, -0.2) is 0 Å². The van der Waals surface area contributed by atoms with E-state index in [1.165, 1.54) is 0 Å². The van der Waals surface area contributed by atoms with Crippen LogP contribution in [0.25, 0.3) is 55.0 Å². The number of furan rings is 1. The lowest BCUT2D eigenvalue weighted by Gasteiger charge is -2.13. The van der Waals surface area contributed by atoms with Crippen molar-refractivity contribution in [1.29, 1.82) is 10.5 Å². The zero-order valence-corrected chi connectivity index (χ0v) is 17.5. The summed E-state index contributed by atoms with van der Waals surface area (Å²) in [6.07, 6.45) is 0. The number of para-hydroxylation sites is 1. The molecule has 6 aromatic rings. The van der Waals surface area contributed by atoms with Crippen LogP contribution in [0.2, 0.25) is 0 Å². The van der Waals surface area contributed by atoms with Crippen molar-refractivity contribution in [2.24, 2.45) is 0 Å². The summed E-state index contributed by atoms with van der Waals surface area (Å²) in [5.41, 5.74) is 6.47. The van der Waals surface area contributed by atoms with Crippen molar-refractivity contribution >= 4 is 32.7 Å². The minimum Gasteiger partial charge on any atom is -0.456 e. The molecule has 0 aliphatic heterocycles. The van der Waals surface area contributed by atoms with E-state index in [-0.39, 0.29) is 0 Å². The molecule has 0 amide bonds. The predicted molar refractivity (Wildman–Crippen MR) is 132 cm³/mol. The van der Waals surface area contributed by atoms with Gasteiger partial charge in [-0.3, -0.25) is 0 Å².